The third-order valence-corrected chi connectivity index (χ3v) is 3.61. The van der Waals surface area contributed by atoms with E-state index in [1.807, 2.05) is 19.1 Å². The molecule has 2 rings (SSSR count). The first kappa shape index (κ1) is 17.7. The van der Waals surface area contributed by atoms with Gasteiger partial charge in [0.1, 0.15) is 0 Å². The van der Waals surface area contributed by atoms with Gasteiger partial charge in [-0.05, 0) is 52.7 Å². The molecule has 126 valence electrons. The first-order valence-electron chi connectivity index (χ1n) is 7.09. The Kier molecular flexibility index (Phi) is 6.14. The molecule has 0 saturated carbocycles. The molecule has 0 saturated heterocycles. The summed E-state index contributed by atoms with van der Waals surface area (Å²) >= 11 is 3.44. The zero-order valence-corrected chi connectivity index (χ0v) is 14.7. The summed E-state index contributed by atoms with van der Waals surface area (Å²) in [6.07, 6.45) is 1.62. The summed E-state index contributed by atoms with van der Waals surface area (Å²) in [5, 5.41) is 14.7. The zero-order chi connectivity index (χ0) is 17.5. The van der Waals surface area contributed by atoms with Gasteiger partial charge >= 0.3 is 0 Å². The number of hydrogen-bond acceptors (Lipinski definition) is 6. The normalized spacial score (nSPS) is 10.6. The molecule has 0 bridgehead atoms. The summed E-state index contributed by atoms with van der Waals surface area (Å²) in [5.74, 6) is 1.24. The maximum absolute atomic E-state index is 10.6. The number of nitro benzene ring substituents is 1. The standard InChI is InChI=1S/C16H16BrN3O4/c1-3-24-15-9-11(8-14(17)16(15)23-2)10-18-19-12-4-6-13(7-5-12)20(21)22/h4-10,19H,3H2,1-2H3/b18-10+. The van der Waals surface area contributed by atoms with Crippen molar-refractivity contribution in [3.63, 3.8) is 0 Å². The lowest BCUT2D eigenvalue weighted by Gasteiger charge is -2.11. The highest BCUT2D eigenvalue weighted by molar-refractivity contribution is 9.10. The second kappa shape index (κ2) is 8.30. The van der Waals surface area contributed by atoms with Crippen LogP contribution in [0.15, 0.2) is 46.0 Å². The average Bonchev–Trinajstić information content (AvgIpc) is 2.55. The van der Waals surface area contributed by atoms with Gasteiger partial charge in [0.25, 0.3) is 5.69 Å². The Morgan fingerprint density at radius 2 is 2.04 bits per heavy atom. The first-order valence-corrected chi connectivity index (χ1v) is 7.88. The van der Waals surface area contributed by atoms with Crippen LogP contribution in [0.3, 0.4) is 0 Å². The van der Waals surface area contributed by atoms with Crippen LogP contribution in [0.5, 0.6) is 11.5 Å². The van der Waals surface area contributed by atoms with Crippen LogP contribution < -0.4 is 14.9 Å². The Hall–Kier alpha value is -2.61. The van der Waals surface area contributed by atoms with Crippen molar-refractivity contribution >= 4 is 33.5 Å². The number of halogens is 1. The van der Waals surface area contributed by atoms with Crippen LogP contribution in [-0.4, -0.2) is 24.9 Å². The van der Waals surface area contributed by atoms with Crippen molar-refractivity contribution in [2.45, 2.75) is 6.92 Å². The zero-order valence-electron chi connectivity index (χ0n) is 13.2. The van der Waals surface area contributed by atoms with Crippen molar-refractivity contribution in [2.24, 2.45) is 5.10 Å². The van der Waals surface area contributed by atoms with Gasteiger partial charge in [0.05, 0.1) is 35.0 Å². The lowest BCUT2D eigenvalue weighted by atomic mass is 10.2. The highest BCUT2D eigenvalue weighted by Crippen LogP contribution is 2.36. The summed E-state index contributed by atoms with van der Waals surface area (Å²) < 4.78 is 11.6. The maximum Gasteiger partial charge on any atom is 0.269 e. The number of nitrogens with one attached hydrogen (secondary N) is 1. The average molecular weight is 394 g/mol. The molecule has 2 aromatic rings. The molecule has 0 aliphatic rings. The number of non-ortho nitro benzene ring substituents is 1. The molecule has 0 spiro atoms. The van der Waals surface area contributed by atoms with Gasteiger partial charge in [0.15, 0.2) is 11.5 Å². The summed E-state index contributed by atoms with van der Waals surface area (Å²) in [7, 11) is 1.58. The molecule has 0 unspecified atom stereocenters. The fraction of sp³-hybridized carbons (Fsp3) is 0.188. The van der Waals surface area contributed by atoms with Crippen LogP contribution in [0, 0.1) is 10.1 Å². The molecule has 1 N–H and O–H groups in total. The predicted octanol–water partition coefficient (Wildman–Crippen LogP) is 4.21. The van der Waals surface area contributed by atoms with Crippen molar-refractivity contribution in [1.82, 2.24) is 0 Å². The van der Waals surface area contributed by atoms with Gasteiger partial charge < -0.3 is 9.47 Å². The van der Waals surface area contributed by atoms with Gasteiger partial charge in [0.2, 0.25) is 0 Å². The topological polar surface area (TPSA) is 86.0 Å². The summed E-state index contributed by atoms with van der Waals surface area (Å²) in [5.41, 5.74) is 4.30. The number of ether oxygens (including phenoxy) is 2. The van der Waals surface area contributed by atoms with E-state index in [9.17, 15) is 10.1 Å². The molecule has 0 amide bonds. The Labute approximate surface area is 147 Å². The molecule has 0 atom stereocenters. The molecule has 0 radical (unpaired) electrons. The van der Waals surface area contributed by atoms with E-state index >= 15 is 0 Å². The number of benzene rings is 2. The molecule has 0 fully saturated rings. The largest absolute Gasteiger partial charge is 0.492 e. The highest BCUT2D eigenvalue weighted by Gasteiger charge is 2.10. The van der Waals surface area contributed by atoms with E-state index in [0.717, 1.165) is 10.0 Å². The fourth-order valence-corrected chi connectivity index (χ4v) is 2.58. The van der Waals surface area contributed by atoms with Crippen LogP contribution in [0.4, 0.5) is 11.4 Å². The Morgan fingerprint density at radius 3 is 2.62 bits per heavy atom. The van der Waals surface area contributed by atoms with Crippen molar-refractivity contribution in [1.29, 1.82) is 0 Å². The number of methoxy groups -OCH3 is 1. The van der Waals surface area contributed by atoms with E-state index in [1.54, 1.807) is 25.5 Å². The first-order chi connectivity index (χ1) is 11.5. The summed E-state index contributed by atoms with van der Waals surface area (Å²) in [6.45, 7) is 2.41. The molecular formula is C16H16BrN3O4. The lowest BCUT2D eigenvalue weighted by Crippen LogP contribution is -1.98. The molecule has 24 heavy (non-hydrogen) atoms. The third-order valence-electron chi connectivity index (χ3n) is 3.02. The molecule has 8 heteroatoms. The molecule has 0 aromatic heterocycles. The van der Waals surface area contributed by atoms with E-state index in [-0.39, 0.29) is 5.69 Å². The van der Waals surface area contributed by atoms with E-state index in [4.69, 9.17) is 9.47 Å². The molecule has 0 heterocycles. The minimum atomic E-state index is -0.447. The fourth-order valence-electron chi connectivity index (χ4n) is 1.96. The second-order valence-corrected chi connectivity index (χ2v) is 5.50. The summed E-state index contributed by atoms with van der Waals surface area (Å²) in [4.78, 5) is 10.2. The minimum absolute atomic E-state index is 0.0324. The smallest absolute Gasteiger partial charge is 0.269 e. The Bertz CT molecular complexity index is 748. The molecular weight excluding hydrogens is 378 g/mol. The third kappa shape index (κ3) is 4.45. The van der Waals surface area contributed by atoms with Gasteiger partial charge in [-0.1, -0.05) is 0 Å². The predicted molar refractivity (Wildman–Crippen MR) is 96.2 cm³/mol. The van der Waals surface area contributed by atoms with Crippen molar-refractivity contribution in [2.75, 3.05) is 19.1 Å². The monoisotopic (exact) mass is 393 g/mol. The highest BCUT2D eigenvalue weighted by atomic mass is 79.9. The lowest BCUT2D eigenvalue weighted by molar-refractivity contribution is -0.384. The SMILES string of the molecule is CCOc1cc(/C=N/Nc2ccc([N+](=O)[O-])cc2)cc(Br)c1OC. The number of hydrogen-bond donors (Lipinski definition) is 1. The van der Waals surface area contributed by atoms with Crippen molar-refractivity contribution in [3.05, 3.63) is 56.5 Å². The second-order valence-electron chi connectivity index (χ2n) is 4.64. The Balaban J connectivity index is 2.12. The molecule has 0 aliphatic heterocycles. The quantitative estimate of drug-likeness (QED) is 0.432. The van der Waals surface area contributed by atoms with E-state index in [1.165, 1.54) is 12.1 Å². The number of hydrazone groups is 1. The van der Waals surface area contributed by atoms with Crippen LogP contribution in [0.1, 0.15) is 12.5 Å². The summed E-state index contributed by atoms with van der Waals surface area (Å²) in [6, 6.07) is 9.66. The van der Waals surface area contributed by atoms with Crippen molar-refractivity contribution in [3.8, 4) is 11.5 Å². The van der Waals surface area contributed by atoms with E-state index < -0.39 is 4.92 Å². The van der Waals surface area contributed by atoms with Gasteiger partial charge in [-0.3, -0.25) is 15.5 Å². The van der Waals surface area contributed by atoms with Crippen molar-refractivity contribution < 1.29 is 14.4 Å². The van der Waals surface area contributed by atoms with Crippen LogP contribution in [0.2, 0.25) is 0 Å². The maximum atomic E-state index is 10.6. The van der Waals surface area contributed by atoms with E-state index in [0.29, 0.717) is 23.8 Å². The number of nitrogens with zero attached hydrogens (tertiary/aromatic N) is 2. The molecule has 0 aliphatic carbocycles. The van der Waals surface area contributed by atoms with Gasteiger partial charge in [-0.15, -0.1) is 0 Å². The van der Waals surface area contributed by atoms with Gasteiger partial charge in [-0.2, -0.15) is 5.10 Å². The molecule has 7 nitrogen and oxygen atoms in total. The number of nitro groups is 1. The van der Waals surface area contributed by atoms with Crippen LogP contribution in [-0.2, 0) is 0 Å². The van der Waals surface area contributed by atoms with Crippen LogP contribution >= 0.6 is 15.9 Å². The number of rotatable bonds is 7. The van der Waals surface area contributed by atoms with Gasteiger partial charge in [0, 0.05) is 12.1 Å². The minimum Gasteiger partial charge on any atom is -0.492 e. The number of anilines is 1. The van der Waals surface area contributed by atoms with Gasteiger partial charge in [-0.25, -0.2) is 0 Å². The van der Waals surface area contributed by atoms with E-state index in [2.05, 4.69) is 26.5 Å². The molecule has 2 aromatic carbocycles. The van der Waals surface area contributed by atoms with Crippen LogP contribution in [0.25, 0.3) is 0 Å². The Morgan fingerprint density at radius 1 is 1.33 bits per heavy atom.